The molecule has 0 fully saturated rings. The van der Waals surface area contributed by atoms with Crippen LogP contribution in [0.25, 0.3) is 0 Å². The van der Waals surface area contributed by atoms with Gasteiger partial charge in [0, 0.05) is 12.6 Å². The molecule has 5 nitrogen and oxygen atoms in total. The molecule has 3 amide bonds. The van der Waals surface area contributed by atoms with Crippen LogP contribution in [0.5, 0.6) is 0 Å². The van der Waals surface area contributed by atoms with Gasteiger partial charge in [-0.25, -0.2) is 4.79 Å². The van der Waals surface area contributed by atoms with Gasteiger partial charge in [0.1, 0.15) is 0 Å². The summed E-state index contributed by atoms with van der Waals surface area (Å²) in [6.45, 7) is 7.67. The lowest BCUT2D eigenvalue weighted by Crippen LogP contribution is -2.59. The van der Waals surface area contributed by atoms with Crippen molar-refractivity contribution in [1.29, 1.82) is 0 Å². The van der Waals surface area contributed by atoms with Crippen LogP contribution in [0.15, 0.2) is 0 Å². The summed E-state index contributed by atoms with van der Waals surface area (Å²) >= 11 is 0. The summed E-state index contributed by atoms with van der Waals surface area (Å²) in [5, 5.41) is 7.82. The van der Waals surface area contributed by atoms with Gasteiger partial charge in [-0.2, -0.15) is 0 Å². The first-order chi connectivity index (χ1) is 7.25. The summed E-state index contributed by atoms with van der Waals surface area (Å²) in [6.07, 6.45) is 0.643. The van der Waals surface area contributed by atoms with Crippen molar-refractivity contribution >= 4 is 11.9 Å². The number of hydrogen-bond donors (Lipinski definition) is 3. The van der Waals surface area contributed by atoms with E-state index in [0.29, 0.717) is 6.42 Å². The highest BCUT2D eigenvalue weighted by Crippen LogP contribution is 2.34. The first-order valence-electron chi connectivity index (χ1n) is 5.47. The molecule has 0 aliphatic rings. The van der Waals surface area contributed by atoms with Crippen LogP contribution in [0.2, 0.25) is 0 Å². The molecule has 1 atom stereocenters. The van der Waals surface area contributed by atoms with E-state index in [1.807, 2.05) is 27.7 Å². The Hall–Kier alpha value is -1.10. The van der Waals surface area contributed by atoms with Gasteiger partial charge < -0.3 is 10.6 Å². The Bertz CT molecular complexity index is 276. The molecule has 0 radical (unpaired) electrons. The second kappa shape index (κ2) is 5.30. The maximum Gasteiger partial charge on any atom is 0.321 e. The molecule has 5 heteroatoms. The van der Waals surface area contributed by atoms with Gasteiger partial charge in [0.05, 0.1) is 5.41 Å². The maximum atomic E-state index is 12.1. The number of amides is 3. The molecule has 0 saturated heterocycles. The first-order valence-corrected chi connectivity index (χ1v) is 5.47. The van der Waals surface area contributed by atoms with Gasteiger partial charge in [-0.05, 0) is 34.2 Å². The number of imide groups is 1. The molecule has 0 aromatic heterocycles. The van der Waals surface area contributed by atoms with E-state index in [9.17, 15) is 9.59 Å². The van der Waals surface area contributed by atoms with Gasteiger partial charge in [0.25, 0.3) is 0 Å². The van der Waals surface area contributed by atoms with Crippen molar-refractivity contribution in [3.05, 3.63) is 0 Å². The maximum absolute atomic E-state index is 12.1. The summed E-state index contributed by atoms with van der Waals surface area (Å²) in [5.74, 6) is -0.270. The number of nitrogens with one attached hydrogen (secondary N) is 3. The van der Waals surface area contributed by atoms with Crippen molar-refractivity contribution in [2.45, 2.75) is 39.7 Å². The van der Waals surface area contributed by atoms with Crippen LogP contribution in [-0.2, 0) is 4.79 Å². The highest BCUT2D eigenvalue weighted by molar-refractivity contribution is 5.97. The summed E-state index contributed by atoms with van der Waals surface area (Å²) in [4.78, 5) is 23.2. The van der Waals surface area contributed by atoms with Gasteiger partial charge >= 0.3 is 6.03 Å². The van der Waals surface area contributed by atoms with E-state index in [2.05, 4.69) is 16.0 Å². The average molecular weight is 229 g/mol. The van der Waals surface area contributed by atoms with Crippen LogP contribution < -0.4 is 16.0 Å². The largest absolute Gasteiger partial charge is 0.341 e. The molecule has 0 spiro atoms. The van der Waals surface area contributed by atoms with Crippen LogP contribution >= 0.6 is 0 Å². The molecule has 0 heterocycles. The number of rotatable bonds is 4. The Morgan fingerprint density at radius 2 is 1.62 bits per heavy atom. The summed E-state index contributed by atoms with van der Waals surface area (Å²) in [7, 11) is 3.29. The molecular formula is C11H23N3O2. The number of carbonyl (C=O) groups excluding carboxylic acids is 2. The van der Waals surface area contributed by atoms with Crippen molar-refractivity contribution in [2.24, 2.45) is 5.41 Å². The van der Waals surface area contributed by atoms with Gasteiger partial charge in [-0.3, -0.25) is 10.1 Å². The lowest BCUT2D eigenvalue weighted by Gasteiger charge is -2.42. The predicted molar refractivity (Wildman–Crippen MR) is 64.1 cm³/mol. The predicted octanol–water partition coefficient (Wildman–Crippen LogP) is 0.856. The Kier molecular flexibility index (Phi) is 4.93. The lowest BCUT2D eigenvalue weighted by atomic mass is 9.70. The second-order valence-electron chi connectivity index (χ2n) is 4.59. The lowest BCUT2D eigenvalue weighted by molar-refractivity contribution is -0.133. The number of carbonyl (C=O) groups is 2. The molecule has 16 heavy (non-hydrogen) atoms. The molecule has 0 aliphatic heterocycles. The molecule has 0 aromatic rings. The molecule has 0 aromatic carbocycles. The highest BCUT2D eigenvalue weighted by Gasteiger charge is 2.45. The van der Waals surface area contributed by atoms with E-state index in [1.54, 1.807) is 7.05 Å². The van der Waals surface area contributed by atoms with E-state index in [4.69, 9.17) is 0 Å². The van der Waals surface area contributed by atoms with E-state index in [0.717, 1.165) is 0 Å². The minimum Gasteiger partial charge on any atom is -0.341 e. The topological polar surface area (TPSA) is 70.2 Å². The number of hydrogen-bond acceptors (Lipinski definition) is 3. The Balaban J connectivity index is 4.97. The van der Waals surface area contributed by atoms with Crippen LogP contribution in [0.1, 0.15) is 34.1 Å². The Labute approximate surface area is 97.4 Å². The molecule has 0 aliphatic carbocycles. The third kappa shape index (κ3) is 2.72. The van der Waals surface area contributed by atoms with Crippen LogP contribution in [0.4, 0.5) is 4.79 Å². The first kappa shape index (κ1) is 14.9. The standard InChI is InChI=1S/C11H23N3O2/c1-7-11(4,10(2,3)13-6)8(15)14-9(16)12-5/h13H,7H2,1-6H3,(H2,12,14,15,16). The minimum absolute atomic E-state index is 0.270. The monoisotopic (exact) mass is 229 g/mol. The Morgan fingerprint density at radius 3 is 1.94 bits per heavy atom. The molecular weight excluding hydrogens is 206 g/mol. The van der Waals surface area contributed by atoms with Gasteiger partial charge in [-0.1, -0.05) is 6.92 Å². The molecule has 3 N–H and O–H groups in total. The van der Waals surface area contributed by atoms with Crippen LogP contribution in [0, 0.1) is 5.41 Å². The zero-order valence-corrected chi connectivity index (χ0v) is 11.0. The zero-order valence-electron chi connectivity index (χ0n) is 11.0. The van der Waals surface area contributed by atoms with E-state index in [-0.39, 0.29) is 11.4 Å². The molecule has 94 valence electrons. The zero-order chi connectivity index (χ0) is 13.0. The van der Waals surface area contributed by atoms with Crippen LogP contribution in [-0.4, -0.2) is 31.6 Å². The van der Waals surface area contributed by atoms with Crippen molar-refractivity contribution in [1.82, 2.24) is 16.0 Å². The summed E-state index contributed by atoms with van der Waals surface area (Å²) in [5.41, 5.74) is -1.03. The Morgan fingerprint density at radius 1 is 1.12 bits per heavy atom. The van der Waals surface area contributed by atoms with Crippen LogP contribution in [0.3, 0.4) is 0 Å². The fourth-order valence-electron chi connectivity index (χ4n) is 1.47. The van der Waals surface area contributed by atoms with Gasteiger partial charge in [-0.15, -0.1) is 0 Å². The van der Waals surface area contributed by atoms with Crippen molar-refractivity contribution in [3.63, 3.8) is 0 Å². The summed E-state index contributed by atoms with van der Waals surface area (Å²) < 4.78 is 0. The molecule has 0 rings (SSSR count). The highest BCUT2D eigenvalue weighted by atomic mass is 16.2. The SMILES string of the molecule is CCC(C)(C(=O)NC(=O)NC)C(C)(C)NC. The summed E-state index contributed by atoms with van der Waals surface area (Å²) in [6, 6.07) is -0.475. The van der Waals surface area contributed by atoms with E-state index in [1.165, 1.54) is 7.05 Å². The van der Waals surface area contributed by atoms with Gasteiger partial charge in [0.15, 0.2) is 0 Å². The fourth-order valence-corrected chi connectivity index (χ4v) is 1.47. The van der Waals surface area contributed by atoms with Crippen molar-refractivity contribution in [2.75, 3.05) is 14.1 Å². The van der Waals surface area contributed by atoms with Crippen molar-refractivity contribution < 1.29 is 9.59 Å². The molecule has 0 saturated carbocycles. The average Bonchev–Trinajstić information content (AvgIpc) is 2.27. The van der Waals surface area contributed by atoms with Gasteiger partial charge in [0.2, 0.25) is 5.91 Å². The quantitative estimate of drug-likeness (QED) is 0.669. The van der Waals surface area contributed by atoms with Crippen molar-refractivity contribution in [3.8, 4) is 0 Å². The third-order valence-corrected chi connectivity index (χ3v) is 3.67. The molecule has 1 unspecified atom stereocenters. The molecule has 0 bridgehead atoms. The third-order valence-electron chi connectivity index (χ3n) is 3.67. The van der Waals surface area contributed by atoms with E-state index < -0.39 is 11.4 Å². The minimum atomic E-state index is -0.645. The fraction of sp³-hybridized carbons (Fsp3) is 0.818. The number of urea groups is 1. The smallest absolute Gasteiger partial charge is 0.321 e. The second-order valence-corrected chi connectivity index (χ2v) is 4.59. The normalized spacial score (nSPS) is 15.1. The van der Waals surface area contributed by atoms with E-state index >= 15 is 0 Å².